The highest BCUT2D eigenvalue weighted by atomic mass is 32.2. The number of phenolic OH excluding ortho intramolecular Hbond substituents is 1. The quantitative estimate of drug-likeness (QED) is 0.721. The molecule has 138 valence electrons. The second-order valence-corrected chi connectivity index (χ2v) is 7.33. The molecule has 0 bridgehead atoms. The molecule has 1 saturated heterocycles. The molecule has 0 spiro atoms. The van der Waals surface area contributed by atoms with Gasteiger partial charge >= 0.3 is 10.2 Å². The van der Waals surface area contributed by atoms with Crippen LogP contribution in [-0.2, 0) is 28.0 Å². The summed E-state index contributed by atoms with van der Waals surface area (Å²) in [6.45, 7) is 1.60. The summed E-state index contributed by atoms with van der Waals surface area (Å²) in [5, 5.41) is 13.1. The van der Waals surface area contributed by atoms with Crippen molar-refractivity contribution < 1.29 is 22.7 Å². The number of phenols is 1. The monoisotopic (exact) mass is 380 g/mol. The lowest BCUT2D eigenvalue weighted by molar-refractivity contribution is -0.117. The largest absolute Gasteiger partial charge is 0.506 e. The van der Waals surface area contributed by atoms with Crippen LogP contribution < -0.4 is 14.3 Å². The van der Waals surface area contributed by atoms with Crippen molar-refractivity contribution >= 4 is 27.6 Å². The molecule has 0 unspecified atom stereocenters. The van der Waals surface area contributed by atoms with E-state index in [0.29, 0.717) is 15.7 Å². The van der Waals surface area contributed by atoms with E-state index in [1.807, 2.05) is 19.1 Å². The van der Waals surface area contributed by atoms with Crippen molar-refractivity contribution in [1.29, 1.82) is 0 Å². The molecule has 1 amide bonds. The molecule has 0 saturated carbocycles. The van der Waals surface area contributed by atoms with E-state index in [0.717, 1.165) is 18.1 Å². The molecule has 8 nitrogen and oxygen atoms in total. The zero-order chi connectivity index (χ0) is 18.9. The maximum absolute atomic E-state index is 14.4. The van der Waals surface area contributed by atoms with Gasteiger partial charge in [0.25, 0.3) is 5.91 Å². The summed E-state index contributed by atoms with van der Waals surface area (Å²) in [5.41, 5.74) is 0.921. The fraction of sp³-hybridized carbons (Fsp3) is 0.250. The number of anilines is 2. The first kappa shape index (κ1) is 17.9. The molecule has 2 aromatic rings. The van der Waals surface area contributed by atoms with Crippen LogP contribution in [0.15, 0.2) is 30.5 Å². The molecule has 1 aromatic heterocycles. The molecule has 26 heavy (non-hydrogen) atoms. The fourth-order valence-electron chi connectivity index (χ4n) is 2.62. The molecule has 0 atom stereocenters. The molecule has 1 aromatic carbocycles. The number of rotatable bonds is 5. The number of nitrogens with one attached hydrogen (secondary N) is 2. The average molecular weight is 380 g/mol. The molecule has 1 aliphatic rings. The normalized spacial score (nSPS) is 15.8. The summed E-state index contributed by atoms with van der Waals surface area (Å²) in [5.74, 6) is -1.71. The smallest absolute Gasteiger partial charge is 0.326 e. The number of hydrogen-bond donors (Lipinski definition) is 3. The Kier molecular flexibility index (Phi) is 4.68. The standard InChI is InChI=1S/C16H17FN4O4S/c1-2-10-3-4-18-14(7-10)19-8-11-5-12(17)16(13(22)6-11)21-9-15(23)20-26(21,24)25/h3-7,22H,2,8-9H2,1H3,(H,18,19)(H,20,23). The highest BCUT2D eigenvalue weighted by Gasteiger charge is 2.37. The zero-order valence-electron chi connectivity index (χ0n) is 13.9. The SMILES string of the molecule is CCc1ccnc(NCc2cc(O)c(N3CC(=O)NS3(=O)=O)c(F)c2)c1. The van der Waals surface area contributed by atoms with Gasteiger partial charge in [-0.25, -0.2) is 18.4 Å². The third kappa shape index (κ3) is 3.54. The molecule has 1 aliphatic heterocycles. The molecule has 2 heterocycles. The summed E-state index contributed by atoms with van der Waals surface area (Å²) in [6.07, 6.45) is 2.50. The van der Waals surface area contributed by atoms with Gasteiger partial charge in [-0.1, -0.05) is 6.92 Å². The summed E-state index contributed by atoms with van der Waals surface area (Å²) in [4.78, 5) is 15.4. The first-order valence-electron chi connectivity index (χ1n) is 7.83. The number of hydrogen-bond acceptors (Lipinski definition) is 6. The Bertz CT molecular complexity index is 941. The average Bonchev–Trinajstić information content (AvgIpc) is 2.85. The van der Waals surface area contributed by atoms with Crippen molar-refractivity contribution in [3.8, 4) is 5.75 Å². The van der Waals surface area contributed by atoms with E-state index >= 15 is 0 Å². The Hall–Kier alpha value is -2.88. The van der Waals surface area contributed by atoms with Gasteiger partial charge in [0.05, 0.1) is 0 Å². The van der Waals surface area contributed by atoms with E-state index in [4.69, 9.17) is 0 Å². The van der Waals surface area contributed by atoms with Crippen LogP contribution in [0.3, 0.4) is 0 Å². The summed E-state index contributed by atoms with van der Waals surface area (Å²) < 4.78 is 40.3. The van der Waals surface area contributed by atoms with Crippen molar-refractivity contribution in [3.63, 3.8) is 0 Å². The lowest BCUT2D eigenvalue weighted by atomic mass is 10.1. The first-order valence-corrected chi connectivity index (χ1v) is 9.27. The van der Waals surface area contributed by atoms with Gasteiger partial charge in [-0.3, -0.25) is 4.79 Å². The minimum absolute atomic E-state index is 0.175. The van der Waals surface area contributed by atoms with E-state index < -0.39 is 39.9 Å². The number of carbonyl (C=O) groups is 1. The lowest BCUT2D eigenvalue weighted by Gasteiger charge is -2.18. The molecule has 3 N–H and O–H groups in total. The predicted molar refractivity (Wildman–Crippen MR) is 93.4 cm³/mol. The summed E-state index contributed by atoms with van der Waals surface area (Å²) in [7, 11) is -4.20. The molecule has 1 fully saturated rings. The predicted octanol–water partition coefficient (Wildman–Crippen LogP) is 1.28. The number of aromatic nitrogens is 1. The van der Waals surface area contributed by atoms with Crippen molar-refractivity contribution in [3.05, 3.63) is 47.4 Å². The van der Waals surface area contributed by atoms with Crippen LogP contribution in [0.1, 0.15) is 18.1 Å². The summed E-state index contributed by atoms with van der Waals surface area (Å²) in [6, 6.07) is 6.09. The van der Waals surface area contributed by atoms with Crippen LogP contribution in [0.2, 0.25) is 0 Å². The topological polar surface area (TPSA) is 112 Å². The number of aromatic hydroxyl groups is 1. The molecule has 3 rings (SSSR count). The van der Waals surface area contributed by atoms with Crippen LogP contribution in [0.5, 0.6) is 5.75 Å². The van der Waals surface area contributed by atoms with Gasteiger partial charge in [-0.15, -0.1) is 0 Å². The minimum Gasteiger partial charge on any atom is -0.506 e. The maximum Gasteiger partial charge on any atom is 0.326 e. The Balaban J connectivity index is 1.82. The molecule has 0 aliphatic carbocycles. The van der Waals surface area contributed by atoms with Crippen molar-refractivity contribution in [1.82, 2.24) is 9.71 Å². The van der Waals surface area contributed by atoms with Crippen LogP contribution >= 0.6 is 0 Å². The highest BCUT2D eigenvalue weighted by molar-refractivity contribution is 7.92. The van der Waals surface area contributed by atoms with Gasteiger partial charge in [-0.05, 0) is 41.8 Å². The Morgan fingerprint density at radius 1 is 1.35 bits per heavy atom. The van der Waals surface area contributed by atoms with Crippen LogP contribution in [-0.4, -0.2) is 31.0 Å². The zero-order valence-corrected chi connectivity index (χ0v) is 14.7. The highest BCUT2D eigenvalue weighted by Crippen LogP contribution is 2.34. The Labute approximate surface area is 149 Å². The summed E-state index contributed by atoms with van der Waals surface area (Å²) >= 11 is 0. The second kappa shape index (κ2) is 6.79. The van der Waals surface area contributed by atoms with Crippen molar-refractivity contribution in [2.45, 2.75) is 19.9 Å². The third-order valence-electron chi connectivity index (χ3n) is 3.88. The van der Waals surface area contributed by atoms with Crippen molar-refractivity contribution in [2.24, 2.45) is 0 Å². The van der Waals surface area contributed by atoms with Gasteiger partial charge in [0.2, 0.25) is 0 Å². The van der Waals surface area contributed by atoms with Crippen LogP contribution in [0, 0.1) is 5.82 Å². The second-order valence-electron chi connectivity index (χ2n) is 5.74. The van der Waals surface area contributed by atoms with E-state index in [1.54, 1.807) is 10.9 Å². The molecule has 0 radical (unpaired) electrons. The fourth-order valence-corrected chi connectivity index (χ4v) is 3.79. The van der Waals surface area contributed by atoms with Gasteiger partial charge in [-0.2, -0.15) is 8.42 Å². The first-order chi connectivity index (χ1) is 12.3. The number of amides is 1. The number of pyridine rings is 1. The Morgan fingerprint density at radius 2 is 2.12 bits per heavy atom. The van der Waals surface area contributed by atoms with E-state index in [-0.39, 0.29) is 6.54 Å². The molecular formula is C16H17FN4O4S. The van der Waals surface area contributed by atoms with Crippen LogP contribution in [0.25, 0.3) is 0 Å². The number of nitrogens with zero attached hydrogens (tertiary/aromatic N) is 2. The van der Waals surface area contributed by atoms with Crippen LogP contribution in [0.4, 0.5) is 15.9 Å². The number of aryl methyl sites for hydroxylation is 1. The van der Waals surface area contributed by atoms with E-state index in [2.05, 4.69) is 10.3 Å². The van der Waals surface area contributed by atoms with E-state index in [1.165, 1.54) is 6.07 Å². The molecular weight excluding hydrogens is 363 g/mol. The van der Waals surface area contributed by atoms with Gasteiger partial charge in [0, 0.05) is 12.7 Å². The van der Waals surface area contributed by atoms with Gasteiger partial charge in [0.15, 0.2) is 5.82 Å². The number of halogens is 1. The van der Waals surface area contributed by atoms with Gasteiger partial charge < -0.3 is 10.4 Å². The maximum atomic E-state index is 14.4. The molecule has 10 heteroatoms. The Morgan fingerprint density at radius 3 is 2.73 bits per heavy atom. The van der Waals surface area contributed by atoms with Crippen molar-refractivity contribution in [2.75, 3.05) is 16.2 Å². The number of carbonyl (C=O) groups excluding carboxylic acids is 1. The lowest BCUT2D eigenvalue weighted by Crippen LogP contribution is -2.30. The van der Waals surface area contributed by atoms with Gasteiger partial charge in [0.1, 0.15) is 23.8 Å². The van der Waals surface area contributed by atoms with E-state index in [9.17, 15) is 22.7 Å². The minimum atomic E-state index is -4.20. The third-order valence-corrected chi connectivity index (χ3v) is 5.26. The number of benzene rings is 1.